The van der Waals surface area contributed by atoms with E-state index in [1.807, 2.05) is 31.2 Å². The van der Waals surface area contributed by atoms with E-state index in [1.165, 1.54) is 5.56 Å². The Morgan fingerprint density at radius 3 is 2.60 bits per heavy atom. The molecule has 0 bridgehead atoms. The number of anilines is 1. The number of amides is 2. The summed E-state index contributed by atoms with van der Waals surface area (Å²) in [4.78, 5) is 11.3. The Labute approximate surface area is 89.9 Å². The molecule has 0 unspecified atom stereocenters. The minimum absolute atomic E-state index is 0.188. The van der Waals surface area contributed by atoms with Crippen molar-refractivity contribution in [2.45, 2.75) is 13.3 Å². The van der Waals surface area contributed by atoms with Gasteiger partial charge >= 0.3 is 6.03 Å². The van der Waals surface area contributed by atoms with Gasteiger partial charge in [0, 0.05) is 12.2 Å². The molecule has 1 aromatic rings. The van der Waals surface area contributed by atoms with Gasteiger partial charge in [0.1, 0.15) is 0 Å². The molecule has 0 spiro atoms. The molecule has 1 rings (SSSR count). The number of carbonyl (C=O) groups is 1. The Morgan fingerprint density at radius 1 is 1.33 bits per heavy atom. The van der Waals surface area contributed by atoms with Crippen LogP contribution in [0.5, 0.6) is 0 Å². The van der Waals surface area contributed by atoms with E-state index in [0.717, 1.165) is 12.1 Å². The van der Waals surface area contributed by atoms with Gasteiger partial charge in [-0.3, -0.25) is 0 Å². The minimum atomic E-state index is -0.188. The molecule has 0 aliphatic heterocycles. The van der Waals surface area contributed by atoms with Crippen LogP contribution < -0.4 is 16.4 Å². The van der Waals surface area contributed by atoms with Crippen molar-refractivity contribution in [3.63, 3.8) is 0 Å². The van der Waals surface area contributed by atoms with Gasteiger partial charge in [-0.15, -0.1) is 0 Å². The molecule has 4 heteroatoms. The first-order chi connectivity index (χ1) is 7.22. The van der Waals surface area contributed by atoms with E-state index in [-0.39, 0.29) is 6.03 Å². The molecule has 0 atom stereocenters. The second-order valence-corrected chi connectivity index (χ2v) is 3.39. The maximum absolute atomic E-state index is 11.3. The summed E-state index contributed by atoms with van der Waals surface area (Å²) in [5.41, 5.74) is 7.28. The van der Waals surface area contributed by atoms with E-state index in [9.17, 15) is 4.79 Å². The molecule has 4 N–H and O–H groups in total. The third kappa shape index (κ3) is 4.46. The molecular formula is C11H17N3O. The van der Waals surface area contributed by atoms with Crippen LogP contribution in [0.15, 0.2) is 24.3 Å². The SMILES string of the molecule is Cc1ccc(NC(=O)NCCCN)cc1. The van der Waals surface area contributed by atoms with E-state index < -0.39 is 0 Å². The minimum Gasteiger partial charge on any atom is -0.338 e. The van der Waals surface area contributed by atoms with Crippen LogP contribution in [-0.2, 0) is 0 Å². The predicted molar refractivity (Wildman–Crippen MR) is 61.9 cm³/mol. The second-order valence-electron chi connectivity index (χ2n) is 3.39. The molecule has 0 radical (unpaired) electrons. The first-order valence-electron chi connectivity index (χ1n) is 5.04. The summed E-state index contributed by atoms with van der Waals surface area (Å²) in [6.07, 6.45) is 0.793. The zero-order chi connectivity index (χ0) is 11.1. The van der Waals surface area contributed by atoms with Gasteiger partial charge in [-0.25, -0.2) is 4.79 Å². The average Bonchev–Trinajstić information content (AvgIpc) is 2.22. The highest BCUT2D eigenvalue weighted by Crippen LogP contribution is 2.07. The van der Waals surface area contributed by atoms with Crippen LogP contribution in [-0.4, -0.2) is 19.1 Å². The Hall–Kier alpha value is -1.55. The van der Waals surface area contributed by atoms with Crippen molar-refractivity contribution in [1.82, 2.24) is 5.32 Å². The topological polar surface area (TPSA) is 67.2 Å². The van der Waals surface area contributed by atoms with Crippen LogP contribution >= 0.6 is 0 Å². The number of hydrogen-bond acceptors (Lipinski definition) is 2. The molecule has 82 valence electrons. The van der Waals surface area contributed by atoms with E-state index in [2.05, 4.69) is 10.6 Å². The standard InChI is InChI=1S/C11H17N3O/c1-9-3-5-10(6-4-9)14-11(15)13-8-2-7-12/h3-6H,2,7-8,12H2,1H3,(H2,13,14,15). The number of nitrogens with two attached hydrogens (primary N) is 1. The third-order valence-electron chi connectivity index (χ3n) is 1.98. The Bertz CT molecular complexity index is 308. The van der Waals surface area contributed by atoms with Crippen molar-refractivity contribution in [2.75, 3.05) is 18.4 Å². The predicted octanol–water partition coefficient (Wildman–Crippen LogP) is 1.47. The van der Waals surface area contributed by atoms with E-state index in [4.69, 9.17) is 5.73 Å². The van der Waals surface area contributed by atoms with Crippen molar-refractivity contribution in [3.8, 4) is 0 Å². The van der Waals surface area contributed by atoms with Crippen LogP contribution in [0.1, 0.15) is 12.0 Å². The van der Waals surface area contributed by atoms with Crippen LogP contribution in [0.4, 0.5) is 10.5 Å². The van der Waals surface area contributed by atoms with Crippen LogP contribution in [0.25, 0.3) is 0 Å². The van der Waals surface area contributed by atoms with Crippen molar-refractivity contribution in [3.05, 3.63) is 29.8 Å². The van der Waals surface area contributed by atoms with Crippen LogP contribution in [0.2, 0.25) is 0 Å². The van der Waals surface area contributed by atoms with Gasteiger partial charge < -0.3 is 16.4 Å². The molecular weight excluding hydrogens is 190 g/mol. The van der Waals surface area contributed by atoms with E-state index in [1.54, 1.807) is 0 Å². The normalized spacial score (nSPS) is 9.73. The molecule has 0 aliphatic rings. The lowest BCUT2D eigenvalue weighted by Gasteiger charge is -2.06. The molecule has 0 heterocycles. The first-order valence-corrected chi connectivity index (χ1v) is 5.04. The van der Waals surface area contributed by atoms with Crippen molar-refractivity contribution < 1.29 is 4.79 Å². The van der Waals surface area contributed by atoms with Gasteiger partial charge in [0.15, 0.2) is 0 Å². The fourth-order valence-corrected chi connectivity index (χ4v) is 1.12. The number of carbonyl (C=O) groups excluding carboxylic acids is 1. The Morgan fingerprint density at radius 2 is 2.00 bits per heavy atom. The molecule has 0 saturated heterocycles. The van der Waals surface area contributed by atoms with Gasteiger partial charge in [-0.2, -0.15) is 0 Å². The summed E-state index contributed by atoms with van der Waals surface area (Å²) < 4.78 is 0. The number of hydrogen-bond donors (Lipinski definition) is 3. The molecule has 0 saturated carbocycles. The fourth-order valence-electron chi connectivity index (χ4n) is 1.12. The van der Waals surface area contributed by atoms with Gasteiger partial charge in [0.25, 0.3) is 0 Å². The first kappa shape index (κ1) is 11.5. The number of aryl methyl sites for hydroxylation is 1. The van der Waals surface area contributed by atoms with Gasteiger partial charge in [-0.1, -0.05) is 17.7 Å². The van der Waals surface area contributed by atoms with Crippen molar-refractivity contribution in [2.24, 2.45) is 5.73 Å². The summed E-state index contributed by atoms with van der Waals surface area (Å²) in [6, 6.07) is 7.47. The average molecular weight is 207 g/mol. The number of benzene rings is 1. The fraction of sp³-hybridized carbons (Fsp3) is 0.364. The zero-order valence-corrected chi connectivity index (χ0v) is 8.92. The Balaban J connectivity index is 2.34. The molecule has 0 aliphatic carbocycles. The van der Waals surface area contributed by atoms with E-state index >= 15 is 0 Å². The van der Waals surface area contributed by atoms with Gasteiger partial charge in [-0.05, 0) is 32.0 Å². The quantitative estimate of drug-likeness (QED) is 0.654. The van der Waals surface area contributed by atoms with Gasteiger partial charge in [0.05, 0.1) is 0 Å². The van der Waals surface area contributed by atoms with Crippen molar-refractivity contribution >= 4 is 11.7 Å². The van der Waals surface area contributed by atoms with Gasteiger partial charge in [0.2, 0.25) is 0 Å². The van der Waals surface area contributed by atoms with E-state index in [0.29, 0.717) is 13.1 Å². The van der Waals surface area contributed by atoms with Crippen LogP contribution in [0, 0.1) is 6.92 Å². The lowest BCUT2D eigenvalue weighted by Crippen LogP contribution is -2.30. The second kappa shape index (κ2) is 6.03. The number of nitrogens with one attached hydrogen (secondary N) is 2. The largest absolute Gasteiger partial charge is 0.338 e. The molecule has 0 aromatic heterocycles. The Kier molecular flexibility index (Phi) is 4.63. The monoisotopic (exact) mass is 207 g/mol. The summed E-state index contributed by atoms with van der Waals surface area (Å²) in [5.74, 6) is 0. The summed E-state index contributed by atoms with van der Waals surface area (Å²) in [5, 5.41) is 5.45. The molecule has 2 amide bonds. The summed E-state index contributed by atoms with van der Waals surface area (Å²) in [6.45, 7) is 3.20. The number of urea groups is 1. The smallest absolute Gasteiger partial charge is 0.319 e. The maximum Gasteiger partial charge on any atom is 0.319 e. The molecule has 1 aromatic carbocycles. The highest BCUT2D eigenvalue weighted by molar-refractivity contribution is 5.89. The molecule has 4 nitrogen and oxygen atoms in total. The summed E-state index contributed by atoms with van der Waals surface area (Å²) in [7, 11) is 0. The lowest BCUT2D eigenvalue weighted by molar-refractivity contribution is 0.252. The lowest BCUT2D eigenvalue weighted by atomic mass is 10.2. The molecule has 0 fully saturated rings. The van der Waals surface area contributed by atoms with Crippen LogP contribution in [0.3, 0.4) is 0 Å². The van der Waals surface area contributed by atoms with Crippen molar-refractivity contribution in [1.29, 1.82) is 0 Å². The third-order valence-corrected chi connectivity index (χ3v) is 1.98. The highest BCUT2D eigenvalue weighted by atomic mass is 16.2. The molecule has 15 heavy (non-hydrogen) atoms. The maximum atomic E-state index is 11.3. The highest BCUT2D eigenvalue weighted by Gasteiger charge is 1.99. The summed E-state index contributed by atoms with van der Waals surface area (Å²) >= 11 is 0. The zero-order valence-electron chi connectivity index (χ0n) is 8.92. The number of rotatable bonds is 4.